The van der Waals surface area contributed by atoms with E-state index in [2.05, 4.69) is 94.2 Å². The standard InChI is InChI=1S/C77H128N6O23/c1-51-54(4)65(44-100-60(10)84)104-73(57(51)7)97-37-21-17-28-64(87)27-16-20-34-78-70(90)31-40-94-47-77(83-76(93)103-43-63-25-14-13-15-26-63,49-96-42-33-72(92)82-50-81-69(89)30-19-23-39-99-75-59(9)53(3)56(6)67(106-75)46-102-62(12)86)48-95-41-32-71(91)80-36-24-35-79-68(88)29-18-22-38-98-74-58(8)52(2)55(5)66(105-74)45-101-61(11)85/h13-15,25-26,51-59,65-67,73-75H,16-24,27-50H2,1-12H3,(H,78,90)(H,79,88)(H,80,91)(H,81,89)(H,82,92)(H,83,93)/t51-,52-,53-,54+,55+,56+,57?,58?,59?,65?,66?,67?,73+,74+,75+,77?/m0/s1. The maximum Gasteiger partial charge on any atom is 0.408 e. The van der Waals surface area contributed by atoms with E-state index < -0.39 is 36.4 Å². The van der Waals surface area contributed by atoms with Crippen molar-refractivity contribution >= 4 is 59.3 Å². The molecule has 0 bridgehead atoms. The Kier molecular flexibility index (Phi) is 44.9. The Bertz CT molecular complexity index is 2670. The van der Waals surface area contributed by atoms with Crippen molar-refractivity contribution in [1.82, 2.24) is 31.9 Å². The van der Waals surface area contributed by atoms with E-state index in [1.165, 1.54) is 20.8 Å². The molecule has 3 fully saturated rings. The minimum absolute atomic E-state index is 0.0505. The lowest BCUT2D eigenvalue weighted by atomic mass is 9.79. The Morgan fingerprint density at radius 2 is 0.708 bits per heavy atom. The van der Waals surface area contributed by atoms with Crippen molar-refractivity contribution in [2.24, 2.45) is 53.3 Å². The number of Topliss-reactive ketones (excluding diaryl/α,β-unsaturated/α-hetero) is 1. The monoisotopic (exact) mass is 1500 g/mol. The summed E-state index contributed by atoms with van der Waals surface area (Å²) in [6, 6.07) is 9.02. The van der Waals surface area contributed by atoms with E-state index in [1.54, 1.807) is 24.3 Å². The SMILES string of the molecule is CC(=O)OCC1O[C@@H](OCCCCC(=O)CCCCNC(=O)CCOCC(COCCC(=O)NCCCNC(=O)CCCCO[C@@H]2OC(COC(C)=O)[C@H](C)[C@H](C)C2C)(COCCC(=O)NCNC(=O)CCCCO[C@@H]2OC(COC(C)=O)[C@H](C)[C@H](C)C2C)NC(=O)OCc2ccccc2)C(C)[C@@H](C)[C@H]1C. The number of ketones is 1. The maximum atomic E-state index is 13.7. The van der Waals surface area contributed by atoms with Crippen molar-refractivity contribution < 1.29 is 110 Å². The number of alkyl carbamates (subject to hydrolysis) is 1. The number of ether oxygens (including phenoxy) is 13. The molecular weight excluding hydrogens is 1380 g/mol. The normalized spacial score (nSPS) is 24.8. The fourth-order valence-corrected chi connectivity index (χ4v) is 12.5. The van der Waals surface area contributed by atoms with Gasteiger partial charge < -0.3 is 93.5 Å². The van der Waals surface area contributed by atoms with Crippen molar-refractivity contribution in [2.45, 2.75) is 235 Å². The number of amides is 6. The predicted octanol–water partition coefficient (Wildman–Crippen LogP) is 7.69. The largest absolute Gasteiger partial charge is 0.463 e. The fourth-order valence-electron chi connectivity index (χ4n) is 12.5. The summed E-state index contributed by atoms with van der Waals surface area (Å²) in [7, 11) is 0. The van der Waals surface area contributed by atoms with E-state index in [-0.39, 0.29) is 218 Å². The van der Waals surface area contributed by atoms with E-state index in [0.29, 0.717) is 116 Å². The number of carbonyl (C=O) groups excluding carboxylic acids is 10. The zero-order valence-electron chi connectivity index (χ0n) is 65.3. The highest BCUT2D eigenvalue weighted by Crippen LogP contribution is 2.38. The molecule has 0 radical (unpaired) electrons. The third-order valence-electron chi connectivity index (χ3n) is 20.5. The first kappa shape index (κ1) is 91.9. The highest BCUT2D eigenvalue weighted by Gasteiger charge is 2.43. The maximum absolute atomic E-state index is 13.7. The van der Waals surface area contributed by atoms with Gasteiger partial charge in [0.25, 0.3) is 0 Å². The number of unbranched alkanes of at least 4 members (excludes halogenated alkanes) is 4. The molecule has 106 heavy (non-hydrogen) atoms. The zero-order chi connectivity index (χ0) is 77.8. The molecule has 29 heteroatoms. The minimum Gasteiger partial charge on any atom is -0.463 e. The number of rotatable bonds is 53. The van der Waals surface area contributed by atoms with Crippen LogP contribution in [0.2, 0.25) is 0 Å². The molecule has 1 aromatic rings. The number of carbonyl (C=O) groups is 10. The van der Waals surface area contributed by atoms with E-state index in [9.17, 15) is 47.9 Å². The average Bonchev–Trinajstić information content (AvgIpc) is 0.829. The number of benzene rings is 1. The number of esters is 3. The lowest BCUT2D eigenvalue weighted by molar-refractivity contribution is -0.255. The first-order chi connectivity index (χ1) is 50.7. The summed E-state index contributed by atoms with van der Waals surface area (Å²) >= 11 is 0. The summed E-state index contributed by atoms with van der Waals surface area (Å²) in [5, 5.41) is 16.8. The first-order valence-corrected chi connectivity index (χ1v) is 38.5. The molecule has 0 aromatic heterocycles. The fraction of sp³-hybridized carbons (Fsp3) is 0.792. The molecule has 0 saturated carbocycles. The van der Waals surface area contributed by atoms with Crippen LogP contribution in [0.15, 0.2) is 30.3 Å². The summed E-state index contributed by atoms with van der Waals surface area (Å²) in [4.78, 5) is 125. The van der Waals surface area contributed by atoms with E-state index in [1.807, 2.05) is 6.07 Å². The number of hydrogen-bond acceptors (Lipinski definition) is 23. The predicted molar refractivity (Wildman–Crippen MR) is 390 cm³/mol. The molecule has 4 rings (SSSR count). The third kappa shape index (κ3) is 37.1. The zero-order valence-corrected chi connectivity index (χ0v) is 65.3. The molecule has 3 heterocycles. The lowest BCUT2D eigenvalue weighted by Crippen LogP contribution is -2.59. The summed E-state index contributed by atoms with van der Waals surface area (Å²) in [5.41, 5.74) is -0.765. The number of hydrogen-bond donors (Lipinski definition) is 6. The summed E-state index contributed by atoms with van der Waals surface area (Å²) in [5.74, 6) is -0.619. The molecule has 1 aromatic carbocycles. The first-order valence-electron chi connectivity index (χ1n) is 38.5. The summed E-state index contributed by atoms with van der Waals surface area (Å²) < 4.78 is 76.2. The lowest BCUT2D eigenvalue weighted by Gasteiger charge is -2.43. The van der Waals surface area contributed by atoms with Crippen LogP contribution in [0.3, 0.4) is 0 Å². The van der Waals surface area contributed by atoms with Gasteiger partial charge in [-0.3, -0.25) is 43.2 Å². The Morgan fingerprint density at radius 3 is 1.09 bits per heavy atom. The second-order valence-electron chi connectivity index (χ2n) is 28.9. The second-order valence-corrected chi connectivity index (χ2v) is 28.9. The van der Waals surface area contributed by atoms with E-state index >= 15 is 0 Å². The summed E-state index contributed by atoms with van der Waals surface area (Å²) in [6.07, 6.45) is 3.35. The van der Waals surface area contributed by atoms with E-state index in [0.717, 1.165) is 5.56 Å². The highest BCUT2D eigenvalue weighted by molar-refractivity contribution is 5.79. The molecule has 0 aliphatic carbocycles. The van der Waals surface area contributed by atoms with Crippen molar-refractivity contribution in [3.63, 3.8) is 0 Å². The van der Waals surface area contributed by atoms with Gasteiger partial charge in [-0.25, -0.2) is 4.79 Å². The Balaban J connectivity index is 1.24. The van der Waals surface area contributed by atoms with Crippen LogP contribution in [0.4, 0.5) is 4.79 Å². The van der Waals surface area contributed by atoms with Crippen LogP contribution >= 0.6 is 0 Å². The van der Waals surface area contributed by atoms with Crippen LogP contribution in [0.5, 0.6) is 0 Å². The molecule has 3 aliphatic rings. The van der Waals surface area contributed by atoms with Crippen molar-refractivity contribution in [3.8, 4) is 0 Å². The molecule has 3 saturated heterocycles. The van der Waals surface area contributed by atoms with Gasteiger partial charge in [0.15, 0.2) is 18.9 Å². The average molecular weight is 1510 g/mol. The van der Waals surface area contributed by atoms with Crippen LogP contribution in [0.1, 0.15) is 191 Å². The molecule has 7 unspecified atom stereocenters. The molecular formula is C77H128N6O23. The Hall–Kier alpha value is -6.44. The van der Waals surface area contributed by atoms with Crippen LogP contribution < -0.4 is 31.9 Å². The van der Waals surface area contributed by atoms with Gasteiger partial charge >= 0.3 is 24.0 Å². The summed E-state index contributed by atoms with van der Waals surface area (Å²) in [6.45, 7) is 24.3. The molecule has 3 aliphatic heterocycles. The molecule has 16 atom stereocenters. The van der Waals surface area contributed by atoms with Gasteiger partial charge in [0, 0.05) is 117 Å². The minimum atomic E-state index is -1.48. The van der Waals surface area contributed by atoms with Crippen molar-refractivity contribution in [2.75, 3.05) is 106 Å². The van der Waals surface area contributed by atoms with Gasteiger partial charge in [-0.05, 0) is 98.9 Å². The van der Waals surface area contributed by atoms with Crippen LogP contribution in [0.25, 0.3) is 0 Å². The van der Waals surface area contributed by atoms with Gasteiger partial charge in [0.1, 0.15) is 37.7 Å². The van der Waals surface area contributed by atoms with Crippen molar-refractivity contribution in [3.05, 3.63) is 35.9 Å². The highest BCUT2D eigenvalue weighted by atomic mass is 16.7. The van der Waals surface area contributed by atoms with E-state index in [4.69, 9.17) is 61.6 Å². The smallest absolute Gasteiger partial charge is 0.408 e. The molecule has 604 valence electrons. The topological polar surface area (TPSA) is 363 Å². The molecule has 6 amide bonds. The van der Waals surface area contributed by atoms with Crippen molar-refractivity contribution in [1.29, 1.82) is 0 Å². The third-order valence-corrected chi connectivity index (χ3v) is 20.5. The van der Waals surface area contributed by atoms with Gasteiger partial charge in [0.05, 0.1) is 71.0 Å². The Morgan fingerprint density at radius 1 is 0.368 bits per heavy atom. The van der Waals surface area contributed by atoms with Gasteiger partial charge in [0.2, 0.25) is 29.5 Å². The van der Waals surface area contributed by atoms with Gasteiger partial charge in [-0.2, -0.15) is 0 Å². The molecule has 29 nitrogen and oxygen atoms in total. The van der Waals surface area contributed by atoms with Crippen LogP contribution in [-0.2, 0) is 111 Å². The van der Waals surface area contributed by atoms with Gasteiger partial charge in [-0.15, -0.1) is 0 Å². The van der Waals surface area contributed by atoms with Crippen LogP contribution in [-0.4, -0.2) is 208 Å². The van der Waals surface area contributed by atoms with Gasteiger partial charge in [-0.1, -0.05) is 92.6 Å². The van der Waals surface area contributed by atoms with Crippen LogP contribution in [0, 0.1) is 53.3 Å². The molecule has 6 N–H and O–H groups in total. The second kappa shape index (κ2) is 51.8. The Labute approximate surface area is 628 Å². The molecule has 0 spiro atoms. The quantitative estimate of drug-likeness (QED) is 0.0157. The number of nitrogens with one attached hydrogen (secondary N) is 6.